The first-order valence-electron chi connectivity index (χ1n) is 6.19. The van der Waals surface area contributed by atoms with Crippen LogP contribution in [0.1, 0.15) is 30.2 Å². The van der Waals surface area contributed by atoms with E-state index in [0.29, 0.717) is 0 Å². The Hall–Kier alpha value is -1.88. The predicted molar refractivity (Wildman–Crippen MR) is 68.6 cm³/mol. The van der Waals surface area contributed by atoms with Gasteiger partial charge in [-0.2, -0.15) is 0 Å². The molecule has 1 atom stereocenters. The van der Waals surface area contributed by atoms with Crippen LogP contribution in [0.3, 0.4) is 0 Å². The van der Waals surface area contributed by atoms with E-state index in [1.807, 2.05) is 0 Å². The van der Waals surface area contributed by atoms with Gasteiger partial charge in [0.15, 0.2) is 0 Å². The van der Waals surface area contributed by atoms with Crippen LogP contribution in [0, 0.1) is 24.4 Å². The number of halogens is 3. The number of benzene rings is 1. The molecule has 0 saturated carbocycles. The van der Waals surface area contributed by atoms with Crippen molar-refractivity contribution < 1.29 is 18.3 Å². The molecule has 0 fully saturated rings. The van der Waals surface area contributed by atoms with E-state index in [0.717, 1.165) is 18.3 Å². The summed E-state index contributed by atoms with van der Waals surface area (Å²) in [6.45, 7) is 3.05. The third-order valence-corrected chi connectivity index (χ3v) is 3.36. The maximum Gasteiger partial charge on any atom is 0.141 e. The molecule has 5 heteroatoms. The smallest absolute Gasteiger partial charge is 0.141 e. The average molecular weight is 281 g/mol. The molecule has 1 heterocycles. The number of aryl methyl sites for hydroxylation is 1. The van der Waals surface area contributed by atoms with Gasteiger partial charge in [-0.1, -0.05) is 13.0 Å². The Kier molecular flexibility index (Phi) is 3.81. The van der Waals surface area contributed by atoms with Gasteiger partial charge in [-0.05, 0) is 37.1 Å². The molecule has 0 amide bonds. The van der Waals surface area contributed by atoms with Crippen molar-refractivity contribution in [3.63, 3.8) is 0 Å². The molecule has 0 saturated heterocycles. The van der Waals surface area contributed by atoms with E-state index in [4.69, 9.17) is 0 Å². The van der Waals surface area contributed by atoms with Crippen molar-refractivity contribution in [1.82, 2.24) is 4.98 Å². The van der Waals surface area contributed by atoms with Crippen LogP contribution in [0.5, 0.6) is 0 Å². The van der Waals surface area contributed by atoms with Crippen molar-refractivity contribution in [2.75, 3.05) is 0 Å². The van der Waals surface area contributed by atoms with Crippen LogP contribution in [0.2, 0.25) is 0 Å². The second kappa shape index (κ2) is 5.25. The highest BCUT2D eigenvalue weighted by Gasteiger charge is 2.37. The lowest BCUT2D eigenvalue weighted by molar-refractivity contribution is 0.0635. The number of aromatic nitrogens is 1. The molecule has 0 bridgehead atoms. The molecule has 1 N–H and O–H groups in total. The van der Waals surface area contributed by atoms with Crippen LogP contribution in [0.15, 0.2) is 30.5 Å². The summed E-state index contributed by atoms with van der Waals surface area (Å²) in [4.78, 5) is 3.75. The normalized spacial score (nSPS) is 14.1. The van der Waals surface area contributed by atoms with Gasteiger partial charge in [0.05, 0.1) is 17.5 Å². The fraction of sp³-hybridized carbons (Fsp3) is 0.267. The molecule has 2 nitrogen and oxygen atoms in total. The third kappa shape index (κ3) is 2.29. The van der Waals surface area contributed by atoms with Gasteiger partial charge in [0.1, 0.15) is 23.1 Å². The highest BCUT2D eigenvalue weighted by Crippen LogP contribution is 2.35. The van der Waals surface area contributed by atoms with Gasteiger partial charge in [0.2, 0.25) is 0 Å². The first kappa shape index (κ1) is 14.5. The van der Waals surface area contributed by atoms with E-state index >= 15 is 0 Å². The molecule has 1 unspecified atom stereocenters. The predicted octanol–water partition coefficient (Wildman–Crippen LogP) is 3.45. The van der Waals surface area contributed by atoms with Crippen molar-refractivity contribution in [3.8, 4) is 0 Å². The monoisotopic (exact) mass is 281 g/mol. The molecule has 1 aromatic carbocycles. The molecule has 1 aromatic heterocycles. The molecule has 0 aliphatic heterocycles. The topological polar surface area (TPSA) is 33.1 Å². The molecule has 0 radical (unpaired) electrons. The minimum atomic E-state index is -1.94. The van der Waals surface area contributed by atoms with E-state index in [-0.39, 0.29) is 17.7 Å². The largest absolute Gasteiger partial charge is 0.379 e. The Balaban J connectivity index is 2.68. The fourth-order valence-electron chi connectivity index (χ4n) is 2.14. The minimum Gasteiger partial charge on any atom is -0.379 e. The van der Waals surface area contributed by atoms with Crippen molar-refractivity contribution in [1.29, 1.82) is 0 Å². The zero-order valence-electron chi connectivity index (χ0n) is 11.1. The average Bonchev–Trinajstić information content (AvgIpc) is 2.43. The standard InChI is InChI=1S/C15H14F3NO/c1-3-15(20,12-7-5-10(16)8-19-12)13-11(17)6-4-9(2)14(13)18/h4-8,20H,3H2,1-2H3. The second-order valence-electron chi connectivity index (χ2n) is 4.63. The van der Waals surface area contributed by atoms with Crippen molar-refractivity contribution in [2.45, 2.75) is 25.9 Å². The van der Waals surface area contributed by atoms with E-state index in [1.54, 1.807) is 6.92 Å². The third-order valence-electron chi connectivity index (χ3n) is 3.36. The molecule has 0 spiro atoms. The fourth-order valence-corrected chi connectivity index (χ4v) is 2.14. The van der Waals surface area contributed by atoms with Crippen molar-refractivity contribution in [3.05, 3.63) is 64.7 Å². The van der Waals surface area contributed by atoms with Crippen molar-refractivity contribution in [2.24, 2.45) is 0 Å². The van der Waals surface area contributed by atoms with Gasteiger partial charge < -0.3 is 5.11 Å². The van der Waals surface area contributed by atoms with Gasteiger partial charge in [-0.15, -0.1) is 0 Å². The number of pyridine rings is 1. The number of rotatable bonds is 3. The molecule has 2 rings (SSSR count). The molecule has 2 aromatic rings. The first-order chi connectivity index (χ1) is 9.40. The van der Waals surface area contributed by atoms with Crippen LogP contribution in [-0.4, -0.2) is 10.1 Å². The summed E-state index contributed by atoms with van der Waals surface area (Å²) >= 11 is 0. The van der Waals surface area contributed by atoms with Crippen LogP contribution >= 0.6 is 0 Å². The van der Waals surface area contributed by atoms with Crippen LogP contribution in [0.25, 0.3) is 0 Å². The van der Waals surface area contributed by atoms with E-state index in [1.165, 1.54) is 19.1 Å². The first-order valence-corrected chi connectivity index (χ1v) is 6.19. The summed E-state index contributed by atoms with van der Waals surface area (Å²) in [5, 5.41) is 10.7. The molecule has 0 aliphatic rings. The van der Waals surface area contributed by atoms with E-state index in [2.05, 4.69) is 4.98 Å². The van der Waals surface area contributed by atoms with E-state index in [9.17, 15) is 18.3 Å². The summed E-state index contributed by atoms with van der Waals surface area (Å²) in [5.41, 5.74) is -2.17. The lowest BCUT2D eigenvalue weighted by Gasteiger charge is -2.28. The number of aliphatic hydroxyl groups is 1. The number of hydrogen-bond donors (Lipinski definition) is 1. The molecule has 106 valence electrons. The lowest BCUT2D eigenvalue weighted by Crippen LogP contribution is -2.30. The van der Waals surface area contributed by atoms with Gasteiger partial charge >= 0.3 is 0 Å². The maximum atomic E-state index is 14.2. The molecule has 20 heavy (non-hydrogen) atoms. The zero-order valence-corrected chi connectivity index (χ0v) is 11.1. The number of hydrogen-bond acceptors (Lipinski definition) is 2. The summed E-state index contributed by atoms with van der Waals surface area (Å²) in [5.74, 6) is -2.26. The van der Waals surface area contributed by atoms with Crippen molar-refractivity contribution >= 4 is 0 Å². The van der Waals surface area contributed by atoms with Crippen LogP contribution in [0.4, 0.5) is 13.2 Å². The minimum absolute atomic E-state index is 0.00290. The number of nitrogens with zero attached hydrogens (tertiary/aromatic N) is 1. The summed E-state index contributed by atoms with van der Waals surface area (Å²) in [6.07, 6.45) is 0.907. The summed E-state index contributed by atoms with van der Waals surface area (Å²) in [6, 6.07) is 4.70. The molecule has 0 aliphatic carbocycles. The van der Waals surface area contributed by atoms with Crippen LogP contribution in [-0.2, 0) is 5.60 Å². The van der Waals surface area contributed by atoms with E-state index < -0.39 is 28.6 Å². The van der Waals surface area contributed by atoms with Crippen LogP contribution < -0.4 is 0 Å². The summed E-state index contributed by atoms with van der Waals surface area (Å²) in [7, 11) is 0. The Morgan fingerprint density at radius 3 is 2.40 bits per heavy atom. The highest BCUT2D eigenvalue weighted by atomic mass is 19.1. The lowest BCUT2D eigenvalue weighted by atomic mass is 9.85. The quantitative estimate of drug-likeness (QED) is 0.934. The molecular formula is C15H14F3NO. The van der Waals surface area contributed by atoms with Gasteiger partial charge in [-0.3, -0.25) is 4.98 Å². The van der Waals surface area contributed by atoms with Gasteiger partial charge in [0, 0.05) is 0 Å². The second-order valence-corrected chi connectivity index (χ2v) is 4.63. The SMILES string of the molecule is CCC(O)(c1ccc(F)cn1)c1c(F)ccc(C)c1F. The Morgan fingerprint density at radius 1 is 1.15 bits per heavy atom. The van der Waals surface area contributed by atoms with Gasteiger partial charge in [0.25, 0.3) is 0 Å². The Morgan fingerprint density at radius 2 is 1.85 bits per heavy atom. The Bertz CT molecular complexity index is 628. The maximum absolute atomic E-state index is 14.2. The Labute approximate surface area is 114 Å². The van der Waals surface area contributed by atoms with Gasteiger partial charge in [-0.25, -0.2) is 13.2 Å². The molecular weight excluding hydrogens is 267 g/mol. The zero-order chi connectivity index (χ0) is 14.9. The highest BCUT2D eigenvalue weighted by molar-refractivity contribution is 5.37. The summed E-state index contributed by atoms with van der Waals surface area (Å²) < 4.78 is 41.1.